The Morgan fingerprint density at radius 3 is 2.84 bits per heavy atom. The lowest BCUT2D eigenvalue weighted by atomic mass is 10.0. The monoisotopic (exact) mass is 359 g/mol. The lowest BCUT2D eigenvalue weighted by Gasteiger charge is -2.19. The van der Waals surface area contributed by atoms with Gasteiger partial charge in [0, 0.05) is 17.0 Å². The van der Waals surface area contributed by atoms with E-state index in [1.807, 2.05) is 12.1 Å². The van der Waals surface area contributed by atoms with Gasteiger partial charge in [0.1, 0.15) is 5.75 Å². The number of hydrogen-bond donors (Lipinski definition) is 1. The highest BCUT2D eigenvalue weighted by Crippen LogP contribution is 2.28. The number of benzene rings is 2. The number of esters is 1. The molecule has 0 saturated carbocycles. The molecule has 0 saturated heterocycles. The van der Waals surface area contributed by atoms with Crippen molar-refractivity contribution in [3.8, 4) is 5.75 Å². The van der Waals surface area contributed by atoms with Gasteiger partial charge in [-0.15, -0.1) is 0 Å². The van der Waals surface area contributed by atoms with Gasteiger partial charge >= 0.3 is 5.97 Å². The van der Waals surface area contributed by atoms with E-state index in [1.54, 1.807) is 30.3 Å². The zero-order chi connectivity index (χ0) is 17.8. The van der Waals surface area contributed by atoms with Crippen molar-refractivity contribution in [1.29, 1.82) is 0 Å². The van der Waals surface area contributed by atoms with Crippen LogP contribution in [0.4, 0.5) is 0 Å². The molecule has 0 fully saturated rings. The van der Waals surface area contributed by atoms with Crippen LogP contribution in [0.2, 0.25) is 5.02 Å². The summed E-state index contributed by atoms with van der Waals surface area (Å²) in [5, 5.41) is 3.37. The van der Waals surface area contributed by atoms with Gasteiger partial charge in [-0.05, 0) is 35.4 Å². The first kappa shape index (κ1) is 17.3. The van der Waals surface area contributed by atoms with Gasteiger partial charge in [-0.25, -0.2) is 0 Å². The topological polar surface area (TPSA) is 64.6 Å². The number of carbonyl (C=O) groups excluding carboxylic acids is 2. The number of amides is 1. The summed E-state index contributed by atoms with van der Waals surface area (Å²) >= 11 is 6.23. The fourth-order valence-electron chi connectivity index (χ4n) is 2.82. The molecule has 0 bridgehead atoms. The summed E-state index contributed by atoms with van der Waals surface area (Å²) in [6.07, 6.45) is 0.784. The Labute approximate surface area is 150 Å². The minimum atomic E-state index is -0.571. The molecule has 1 aliphatic rings. The predicted octanol–water partition coefficient (Wildman–Crippen LogP) is 3.31. The number of fused-ring (bicyclic) bond motifs is 1. The van der Waals surface area contributed by atoms with Crippen molar-refractivity contribution in [1.82, 2.24) is 5.32 Å². The molecule has 130 valence electrons. The van der Waals surface area contributed by atoms with Crippen molar-refractivity contribution in [3.05, 3.63) is 64.2 Å². The maximum absolute atomic E-state index is 12.7. The number of methoxy groups -OCH3 is 1. The number of rotatable bonds is 5. The van der Waals surface area contributed by atoms with Crippen LogP contribution in [0.25, 0.3) is 0 Å². The van der Waals surface area contributed by atoms with E-state index in [-0.39, 0.29) is 12.3 Å². The van der Waals surface area contributed by atoms with Crippen LogP contribution in [0.5, 0.6) is 5.75 Å². The maximum atomic E-state index is 12.7. The first-order valence-corrected chi connectivity index (χ1v) is 8.34. The largest absolute Gasteiger partial charge is 0.493 e. The SMILES string of the molecule is COC(=O)CC(NC(=O)c1ccc2c(c1)CCO2)c1ccccc1Cl. The van der Waals surface area contributed by atoms with Crippen LogP contribution in [-0.2, 0) is 16.0 Å². The summed E-state index contributed by atoms with van der Waals surface area (Å²) in [6.45, 7) is 0.630. The third-order valence-corrected chi connectivity index (χ3v) is 4.48. The molecule has 25 heavy (non-hydrogen) atoms. The van der Waals surface area contributed by atoms with Gasteiger partial charge in [0.25, 0.3) is 5.91 Å². The molecule has 6 heteroatoms. The molecule has 1 atom stereocenters. The van der Waals surface area contributed by atoms with Crippen LogP contribution >= 0.6 is 11.6 Å². The molecule has 0 aromatic heterocycles. The molecule has 0 spiro atoms. The Morgan fingerprint density at radius 1 is 1.28 bits per heavy atom. The Balaban J connectivity index is 1.83. The average molecular weight is 360 g/mol. The van der Waals surface area contributed by atoms with E-state index in [9.17, 15) is 9.59 Å². The van der Waals surface area contributed by atoms with Gasteiger partial charge in [0.2, 0.25) is 0 Å². The quantitative estimate of drug-likeness (QED) is 0.832. The summed E-state index contributed by atoms with van der Waals surface area (Å²) in [7, 11) is 1.31. The minimum Gasteiger partial charge on any atom is -0.493 e. The van der Waals surface area contributed by atoms with Crippen LogP contribution in [0.3, 0.4) is 0 Å². The molecule has 2 aromatic carbocycles. The van der Waals surface area contributed by atoms with Gasteiger partial charge in [-0.3, -0.25) is 9.59 Å². The minimum absolute atomic E-state index is 0.0000250. The van der Waals surface area contributed by atoms with Crippen molar-refractivity contribution in [2.75, 3.05) is 13.7 Å². The highest BCUT2D eigenvalue weighted by Gasteiger charge is 2.22. The van der Waals surface area contributed by atoms with Crippen molar-refractivity contribution >= 4 is 23.5 Å². The maximum Gasteiger partial charge on any atom is 0.307 e. The third-order valence-electron chi connectivity index (χ3n) is 4.14. The van der Waals surface area contributed by atoms with Crippen molar-refractivity contribution in [3.63, 3.8) is 0 Å². The Hall–Kier alpha value is -2.53. The van der Waals surface area contributed by atoms with Crippen LogP contribution in [-0.4, -0.2) is 25.6 Å². The highest BCUT2D eigenvalue weighted by molar-refractivity contribution is 6.31. The lowest BCUT2D eigenvalue weighted by Crippen LogP contribution is -2.30. The van der Waals surface area contributed by atoms with E-state index in [1.165, 1.54) is 7.11 Å². The number of halogens is 1. The second-order valence-electron chi connectivity index (χ2n) is 5.75. The van der Waals surface area contributed by atoms with E-state index < -0.39 is 12.0 Å². The molecule has 2 aromatic rings. The standard InChI is InChI=1S/C19H18ClNO4/c1-24-18(22)11-16(14-4-2-3-5-15(14)20)21-19(23)13-6-7-17-12(10-13)8-9-25-17/h2-7,10,16H,8-9,11H2,1H3,(H,21,23). The Bertz CT molecular complexity index is 806. The second kappa shape index (κ2) is 7.57. The molecule has 1 amide bonds. The zero-order valence-corrected chi connectivity index (χ0v) is 14.5. The number of ether oxygens (including phenoxy) is 2. The van der Waals surface area contributed by atoms with Gasteiger partial charge in [0.05, 0.1) is 26.2 Å². The number of carbonyl (C=O) groups is 2. The van der Waals surface area contributed by atoms with E-state index in [4.69, 9.17) is 21.1 Å². The molecular formula is C19H18ClNO4. The van der Waals surface area contributed by atoms with Gasteiger partial charge in [-0.2, -0.15) is 0 Å². The molecule has 3 rings (SSSR count). The van der Waals surface area contributed by atoms with E-state index in [0.717, 1.165) is 17.7 Å². The molecular weight excluding hydrogens is 342 g/mol. The number of hydrogen-bond acceptors (Lipinski definition) is 4. The van der Waals surface area contributed by atoms with Crippen molar-refractivity contribution < 1.29 is 19.1 Å². The van der Waals surface area contributed by atoms with Crippen LogP contribution in [0.15, 0.2) is 42.5 Å². The van der Waals surface area contributed by atoms with Gasteiger partial charge < -0.3 is 14.8 Å². The van der Waals surface area contributed by atoms with E-state index >= 15 is 0 Å². The first-order valence-electron chi connectivity index (χ1n) is 7.96. The summed E-state index contributed by atoms with van der Waals surface area (Å²) in [5.74, 6) is 0.116. The second-order valence-corrected chi connectivity index (χ2v) is 6.16. The van der Waals surface area contributed by atoms with Crippen molar-refractivity contribution in [2.24, 2.45) is 0 Å². The van der Waals surface area contributed by atoms with Crippen LogP contribution < -0.4 is 10.1 Å². The first-order chi connectivity index (χ1) is 12.1. The molecule has 5 nitrogen and oxygen atoms in total. The zero-order valence-electron chi connectivity index (χ0n) is 13.8. The van der Waals surface area contributed by atoms with Crippen LogP contribution in [0, 0.1) is 0 Å². The summed E-state index contributed by atoms with van der Waals surface area (Å²) < 4.78 is 10.2. The van der Waals surface area contributed by atoms with Crippen LogP contribution in [0.1, 0.15) is 33.9 Å². The fraction of sp³-hybridized carbons (Fsp3) is 0.263. The molecule has 0 radical (unpaired) electrons. The van der Waals surface area contributed by atoms with Gasteiger partial charge in [0.15, 0.2) is 0 Å². The molecule has 1 heterocycles. The lowest BCUT2D eigenvalue weighted by molar-refractivity contribution is -0.141. The smallest absolute Gasteiger partial charge is 0.307 e. The summed E-state index contributed by atoms with van der Waals surface area (Å²) in [6, 6.07) is 11.9. The predicted molar refractivity (Wildman–Crippen MR) is 93.9 cm³/mol. The van der Waals surface area contributed by atoms with Gasteiger partial charge in [-0.1, -0.05) is 29.8 Å². The highest BCUT2D eigenvalue weighted by atomic mass is 35.5. The summed E-state index contributed by atoms with van der Waals surface area (Å²) in [5.41, 5.74) is 2.20. The van der Waals surface area contributed by atoms with E-state index in [0.29, 0.717) is 22.8 Å². The fourth-order valence-corrected chi connectivity index (χ4v) is 3.08. The Morgan fingerprint density at radius 2 is 2.08 bits per heavy atom. The van der Waals surface area contributed by atoms with E-state index in [2.05, 4.69) is 5.32 Å². The van der Waals surface area contributed by atoms with Crippen molar-refractivity contribution in [2.45, 2.75) is 18.9 Å². The molecule has 1 unspecified atom stereocenters. The normalized spacial score (nSPS) is 13.5. The summed E-state index contributed by atoms with van der Waals surface area (Å²) in [4.78, 5) is 24.4. The molecule has 1 aliphatic heterocycles. The average Bonchev–Trinajstić information content (AvgIpc) is 3.09. The molecule has 1 N–H and O–H groups in total. The molecule has 0 aliphatic carbocycles. The number of nitrogens with one attached hydrogen (secondary N) is 1. The third kappa shape index (κ3) is 3.94. The Kier molecular flexibility index (Phi) is 5.24.